The molecule has 0 saturated carbocycles. The van der Waals surface area contributed by atoms with E-state index >= 15 is 0 Å². The summed E-state index contributed by atoms with van der Waals surface area (Å²) >= 11 is 0. The van der Waals surface area contributed by atoms with E-state index < -0.39 is 0 Å². The first-order chi connectivity index (χ1) is 11.0. The Bertz CT molecular complexity index is 879. The number of benzene rings is 2. The van der Waals surface area contributed by atoms with Crippen molar-refractivity contribution in [2.75, 3.05) is 10.6 Å². The van der Waals surface area contributed by atoms with Crippen LogP contribution in [-0.2, 0) is 11.8 Å². The number of rotatable bonds is 3. The van der Waals surface area contributed by atoms with Crippen molar-refractivity contribution in [3.8, 4) is 0 Å². The first-order valence-corrected chi connectivity index (χ1v) is 7.27. The first kappa shape index (κ1) is 14.8. The van der Waals surface area contributed by atoms with Crippen molar-refractivity contribution in [3.63, 3.8) is 0 Å². The van der Waals surface area contributed by atoms with Gasteiger partial charge in [0.15, 0.2) is 0 Å². The minimum atomic E-state index is -0.158. The van der Waals surface area contributed by atoms with Crippen LogP contribution in [0.2, 0.25) is 0 Å². The Labute approximate surface area is 133 Å². The number of aryl methyl sites for hydroxylation is 1. The standard InChI is InChI=1S/C18H17N3O2/c1-12(22)19-13-6-8-14(9-7-13)20-18(23)16-4-3-5-17-15(16)10-11-21(17)2/h3-11H,1-2H3,(H,19,22)(H,20,23). The molecule has 3 rings (SSSR count). The van der Waals surface area contributed by atoms with Gasteiger partial charge in [0, 0.05) is 48.0 Å². The van der Waals surface area contributed by atoms with Crippen LogP contribution in [0.4, 0.5) is 11.4 Å². The highest BCUT2D eigenvalue weighted by Crippen LogP contribution is 2.21. The van der Waals surface area contributed by atoms with Crippen molar-refractivity contribution in [3.05, 3.63) is 60.3 Å². The van der Waals surface area contributed by atoms with E-state index in [0.717, 1.165) is 10.9 Å². The van der Waals surface area contributed by atoms with Crippen LogP contribution in [0.1, 0.15) is 17.3 Å². The molecule has 0 aliphatic rings. The molecule has 0 radical (unpaired) electrons. The maximum absolute atomic E-state index is 12.5. The van der Waals surface area contributed by atoms with Gasteiger partial charge in [-0.05, 0) is 42.5 Å². The van der Waals surface area contributed by atoms with E-state index in [1.807, 2.05) is 42.1 Å². The zero-order valence-corrected chi connectivity index (χ0v) is 13.0. The molecule has 1 aromatic heterocycles. The van der Waals surface area contributed by atoms with Crippen molar-refractivity contribution >= 4 is 34.1 Å². The molecule has 0 unspecified atom stereocenters. The Hall–Kier alpha value is -3.08. The summed E-state index contributed by atoms with van der Waals surface area (Å²) in [4.78, 5) is 23.5. The van der Waals surface area contributed by atoms with Gasteiger partial charge in [-0.1, -0.05) is 6.07 Å². The second kappa shape index (κ2) is 5.96. The fourth-order valence-electron chi connectivity index (χ4n) is 2.54. The number of anilines is 2. The Morgan fingerprint density at radius 2 is 1.57 bits per heavy atom. The van der Waals surface area contributed by atoms with Gasteiger partial charge >= 0.3 is 0 Å². The van der Waals surface area contributed by atoms with Gasteiger partial charge in [-0.3, -0.25) is 9.59 Å². The van der Waals surface area contributed by atoms with E-state index in [1.165, 1.54) is 6.92 Å². The lowest BCUT2D eigenvalue weighted by atomic mass is 10.1. The van der Waals surface area contributed by atoms with Crippen LogP contribution in [0.25, 0.3) is 10.9 Å². The number of hydrogen-bond donors (Lipinski definition) is 2. The number of carbonyl (C=O) groups excluding carboxylic acids is 2. The minimum Gasteiger partial charge on any atom is -0.351 e. The van der Waals surface area contributed by atoms with Crippen LogP contribution in [0.5, 0.6) is 0 Å². The molecule has 23 heavy (non-hydrogen) atoms. The van der Waals surface area contributed by atoms with Gasteiger partial charge in [0.25, 0.3) is 5.91 Å². The molecule has 5 heteroatoms. The molecule has 0 saturated heterocycles. The van der Waals surface area contributed by atoms with Gasteiger partial charge in [-0.15, -0.1) is 0 Å². The Balaban J connectivity index is 1.82. The largest absolute Gasteiger partial charge is 0.351 e. The van der Waals surface area contributed by atoms with Crippen LogP contribution in [0.15, 0.2) is 54.7 Å². The van der Waals surface area contributed by atoms with Crippen LogP contribution in [0.3, 0.4) is 0 Å². The van der Waals surface area contributed by atoms with Gasteiger partial charge in [0.2, 0.25) is 5.91 Å². The van der Waals surface area contributed by atoms with Crippen molar-refractivity contribution in [1.29, 1.82) is 0 Å². The molecule has 0 spiro atoms. The summed E-state index contributed by atoms with van der Waals surface area (Å²) in [6, 6.07) is 14.6. The zero-order chi connectivity index (χ0) is 16.4. The van der Waals surface area contributed by atoms with Crippen molar-refractivity contribution < 1.29 is 9.59 Å². The summed E-state index contributed by atoms with van der Waals surface area (Å²) < 4.78 is 1.98. The quantitative estimate of drug-likeness (QED) is 0.779. The summed E-state index contributed by atoms with van der Waals surface area (Å²) in [6.45, 7) is 1.45. The molecule has 0 bridgehead atoms. The first-order valence-electron chi connectivity index (χ1n) is 7.27. The third kappa shape index (κ3) is 3.08. The van der Waals surface area contributed by atoms with Crippen molar-refractivity contribution in [2.24, 2.45) is 7.05 Å². The van der Waals surface area contributed by atoms with E-state index in [-0.39, 0.29) is 11.8 Å². The zero-order valence-electron chi connectivity index (χ0n) is 13.0. The highest BCUT2D eigenvalue weighted by Gasteiger charge is 2.11. The number of nitrogens with one attached hydrogen (secondary N) is 2. The lowest BCUT2D eigenvalue weighted by Crippen LogP contribution is -2.12. The maximum Gasteiger partial charge on any atom is 0.256 e. The summed E-state index contributed by atoms with van der Waals surface area (Å²) in [7, 11) is 1.95. The molecule has 0 aliphatic carbocycles. The molecule has 116 valence electrons. The number of nitrogens with zero attached hydrogens (tertiary/aromatic N) is 1. The van der Waals surface area contributed by atoms with E-state index in [4.69, 9.17) is 0 Å². The number of aromatic nitrogens is 1. The third-order valence-electron chi connectivity index (χ3n) is 3.64. The van der Waals surface area contributed by atoms with Crippen molar-refractivity contribution in [1.82, 2.24) is 4.57 Å². The van der Waals surface area contributed by atoms with E-state index in [9.17, 15) is 9.59 Å². The Kier molecular flexibility index (Phi) is 3.85. The molecule has 1 heterocycles. The lowest BCUT2D eigenvalue weighted by Gasteiger charge is -2.08. The second-order valence-electron chi connectivity index (χ2n) is 5.38. The predicted octanol–water partition coefficient (Wildman–Crippen LogP) is 3.39. The number of amides is 2. The van der Waals surface area contributed by atoms with E-state index in [2.05, 4.69) is 10.6 Å². The Morgan fingerprint density at radius 3 is 2.22 bits per heavy atom. The van der Waals surface area contributed by atoms with Gasteiger partial charge in [0.1, 0.15) is 0 Å². The SMILES string of the molecule is CC(=O)Nc1ccc(NC(=O)c2cccc3c2ccn3C)cc1. The monoisotopic (exact) mass is 307 g/mol. The summed E-state index contributed by atoms with van der Waals surface area (Å²) in [5, 5.41) is 6.49. The molecule has 0 atom stereocenters. The maximum atomic E-state index is 12.5. The molecule has 5 nitrogen and oxygen atoms in total. The van der Waals surface area contributed by atoms with Gasteiger partial charge in [-0.25, -0.2) is 0 Å². The summed E-state index contributed by atoms with van der Waals surface area (Å²) in [5.41, 5.74) is 3.02. The normalized spacial score (nSPS) is 10.5. The highest BCUT2D eigenvalue weighted by molar-refractivity contribution is 6.12. The topological polar surface area (TPSA) is 63.1 Å². The number of fused-ring (bicyclic) bond motifs is 1. The fraction of sp³-hybridized carbons (Fsp3) is 0.111. The molecule has 0 aliphatic heterocycles. The van der Waals surface area contributed by atoms with Crippen LogP contribution < -0.4 is 10.6 Å². The molecular formula is C18H17N3O2. The fourth-order valence-corrected chi connectivity index (χ4v) is 2.54. The van der Waals surface area contributed by atoms with Gasteiger partial charge in [0.05, 0.1) is 0 Å². The number of carbonyl (C=O) groups is 2. The Morgan fingerprint density at radius 1 is 0.913 bits per heavy atom. The second-order valence-corrected chi connectivity index (χ2v) is 5.38. The lowest BCUT2D eigenvalue weighted by molar-refractivity contribution is -0.114. The predicted molar refractivity (Wildman–Crippen MR) is 91.6 cm³/mol. The average Bonchev–Trinajstić information content (AvgIpc) is 2.90. The molecule has 3 aromatic rings. The van der Waals surface area contributed by atoms with E-state index in [1.54, 1.807) is 24.3 Å². The summed E-state index contributed by atoms with van der Waals surface area (Å²) in [5.74, 6) is -0.286. The minimum absolute atomic E-state index is 0.127. The molecule has 2 aromatic carbocycles. The smallest absolute Gasteiger partial charge is 0.256 e. The average molecular weight is 307 g/mol. The number of hydrogen-bond acceptors (Lipinski definition) is 2. The van der Waals surface area contributed by atoms with Crippen LogP contribution >= 0.6 is 0 Å². The summed E-state index contributed by atoms with van der Waals surface area (Å²) in [6.07, 6.45) is 1.93. The molecular weight excluding hydrogens is 290 g/mol. The van der Waals surface area contributed by atoms with E-state index in [0.29, 0.717) is 16.9 Å². The van der Waals surface area contributed by atoms with Gasteiger partial charge < -0.3 is 15.2 Å². The van der Waals surface area contributed by atoms with Crippen LogP contribution in [0, 0.1) is 0 Å². The van der Waals surface area contributed by atoms with Gasteiger partial charge in [-0.2, -0.15) is 0 Å². The third-order valence-corrected chi connectivity index (χ3v) is 3.64. The highest BCUT2D eigenvalue weighted by atomic mass is 16.2. The van der Waals surface area contributed by atoms with Crippen molar-refractivity contribution in [2.45, 2.75) is 6.92 Å². The molecule has 0 fully saturated rings. The molecule has 2 N–H and O–H groups in total. The molecule has 2 amide bonds. The van der Waals surface area contributed by atoms with Crippen LogP contribution in [-0.4, -0.2) is 16.4 Å².